The van der Waals surface area contributed by atoms with E-state index < -0.39 is 0 Å². The highest BCUT2D eigenvalue weighted by Gasteiger charge is 2.18. The van der Waals surface area contributed by atoms with Crippen LogP contribution in [0.15, 0.2) is 0 Å². The number of carbonyl (C=O) groups excluding carboxylic acids is 1. The van der Waals surface area contributed by atoms with E-state index in [0.29, 0.717) is 12.6 Å². The zero-order valence-electron chi connectivity index (χ0n) is 9.30. The molecule has 0 bridgehead atoms. The Labute approximate surface area is 91.4 Å². The molecule has 15 heavy (non-hydrogen) atoms. The molecular formula is C11H21N3O. The number of hydrogen-bond acceptors (Lipinski definition) is 3. The Balaban J connectivity index is 1.58. The van der Waals surface area contributed by atoms with Crippen molar-refractivity contribution in [3.05, 3.63) is 0 Å². The molecule has 2 N–H and O–H groups in total. The number of rotatable bonds is 4. The molecule has 0 saturated carbocycles. The largest absolute Gasteiger partial charge is 0.342 e. The molecule has 2 fully saturated rings. The number of amides is 1. The minimum absolute atomic E-state index is 0.269. The molecule has 4 nitrogen and oxygen atoms in total. The molecule has 0 aromatic carbocycles. The van der Waals surface area contributed by atoms with E-state index in [9.17, 15) is 4.79 Å². The first-order chi connectivity index (χ1) is 7.36. The maximum Gasteiger partial charge on any atom is 0.236 e. The van der Waals surface area contributed by atoms with Crippen LogP contribution in [0.25, 0.3) is 0 Å². The van der Waals surface area contributed by atoms with Gasteiger partial charge in [0, 0.05) is 25.7 Å². The molecule has 2 aliphatic heterocycles. The first-order valence-corrected chi connectivity index (χ1v) is 6.08. The van der Waals surface area contributed by atoms with E-state index in [-0.39, 0.29) is 5.91 Å². The Morgan fingerprint density at radius 1 is 1.33 bits per heavy atom. The van der Waals surface area contributed by atoms with Crippen LogP contribution in [-0.4, -0.2) is 49.6 Å². The highest BCUT2D eigenvalue weighted by Crippen LogP contribution is 2.07. The van der Waals surface area contributed by atoms with E-state index >= 15 is 0 Å². The minimum Gasteiger partial charge on any atom is -0.342 e. The molecule has 0 aromatic rings. The van der Waals surface area contributed by atoms with Crippen molar-refractivity contribution in [2.75, 3.05) is 32.7 Å². The van der Waals surface area contributed by atoms with Crippen LogP contribution in [0.1, 0.15) is 25.7 Å². The highest BCUT2D eigenvalue weighted by atomic mass is 16.2. The Morgan fingerprint density at radius 2 is 2.13 bits per heavy atom. The molecule has 0 aliphatic carbocycles. The van der Waals surface area contributed by atoms with Crippen LogP contribution in [0.5, 0.6) is 0 Å². The lowest BCUT2D eigenvalue weighted by Gasteiger charge is -2.16. The van der Waals surface area contributed by atoms with Gasteiger partial charge in [-0.2, -0.15) is 0 Å². The van der Waals surface area contributed by atoms with E-state index in [1.165, 1.54) is 25.7 Å². The Bertz CT molecular complexity index is 208. The monoisotopic (exact) mass is 211 g/mol. The van der Waals surface area contributed by atoms with Crippen molar-refractivity contribution >= 4 is 5.91 Å². The van der Waals surface area contributed by atoms with Gasteiger partial charge in [0.1, 0.15) is 0 Å². The fourth-order valence-corrected chi connectivity index (χ4v) is 2.36. The summed E-state index contributed by atoms with van der Waals surface area (Å²) in [7, 11) is 0. The molecule has 0 radical (unpaired) electrons. The summed E-state index contributed by atoms with van der Waals surface area (Å²) < 4.78 is 0. The molecule has 4 heteroatoms. The molecular weight excluding hydrogens is 190 g/mol. The third-order valence-electron chi connectivity index (χ3n) is 3.29. The highest BCUT2D eigenvalue weighted by molar-refractivity contribution is 5.78. The summed E-state index contributed by atoms with van der Waals surface area (Å²) in [4.78, 5) is 13.6. The van der Waals surface area contributed by atoms with Crippen molar-refractivity contribution in [2.45, 2.75) is 31.7 Å². The second-order valence-electron chi connectivity index (χ2n) is 4.51. The molecule has 0 aromatic heterocycles. The smallest absolute Gasteiger partial charge is 0.236 e. The molecule has 86 valence electrons. The number of hydrogen-bond donors (Lipinski definition) is 2. The van der Waals surface area contributed by atoms with Gasteiger partial charge in [0.05, 0.1) is 6.54 Å². The first kappa shape index (κ1) is 10.9. The van der Waals surface area contributed by atoms with Crippen LogP contribution in [0.2, 0.25) is 0 Å². The zero-order chi connectivity index (χ0) is 10.5. The van der Waals surface area contributed by atoms with E-state index in [0.717, 1.165) is 26.2 Å². The van der Waals surface area contributed by atoms with Gasteiger partial charge >= 0.3 is 0 Å². The quantitative estimate of drug-likeness (QED) is 0.685. The Hall–Kier alpha value is -0.610. The second kappa shape index (κ2) is 5.47. The SMILES string of the molecule is O=C(CNCC1CCCN1)N1CCCC1. The summed E-state index contributed by atoms with van der Waals surface area (Å²) in [6.07, 6.45) is 4.86. The fraction of sp³-hybridized carbons (Fsp3) is 0.909. The Kier molecular flexibility index (Phi) is 3.97. The van der Waals surface area contributed by atoms with Crippen LogP contribution < -0.4 is 10.6 Å². The van der Waals surface area contributed by atoms with Crippen molar-refractivity contribution < 1.29 is 4.79 Å². The lowest BCUT2D eigenvalue weighted by atomic mass is 10.2. The number of nitrogens with one attached hydrogen (secondary N) is 2. The number of likely N-dealkylation sites (tertiary alicyclic amines) is 1. The first-order valence-electron chi connectivity index (χ1n) is 6.08. The normalized spacial score (nSPS) is 26.1. The molecule has 1 amide bonds. The lowest BCUT2D eigenvalue weighted by molar-refractivity contribution is -0.129. The topological polar surface area (TPSA) is 44.4 Å². The van der Waals surface area contributed by atoms with E-state index in [2.05, 4.69) is 10.6 Å². The molecule has 2 heterocycles. The fourth-order valence-electron chi connectivity index (χ4n) is 2.36. The van der Waals surface area contributed by atoms with Gasteiger partial charge in [-0.25, -0.2) is 0 Å². The van der Waals surface area contributed by atoms with Crippen LogP contribution >= 0.6 is 0 Å². The van der Waals surface area contributed by atoms with Gasteiger partial charge < -0.3 is 15.5 Å². The van der Waals surface area contributed by atoms with Gasteiger partial charge in [-0.05, 0) is 32.2 Å². The molecule has 0 spiro atoms. The lowest BCUT2D eigenvalue weighted by Crippen LogP contribution is -2.41. The molecule has 2 aliphatic rings. The molecule has 2 rings (SSSR count). The predicted molar refractivity (Wildman–Crippen MR) is 59.7 cm³/mol. The summed E-state index contributed by atoms with van der Waals surface area (Å²) in [5, 5.41) is 6.66. The van der Waals surface area contributed by atoms with Gasteiger partial charge in [-0.3, -0.25) is 4.79 Å². The van der Waals surface area contributed by atoms with Gasteiger partial charge in [-0.1, -0.05) is 0 Å². The van der Waals surface area contributed by atoms with Crippen LogP contribution in [0.3, 0.4) is 0 Å². The van der Waals surface area contributed by atoms with Gasteiger partial charge in [-0.15, -0.1) is 0 Å². The van der Waals surface area contributed by atoms with Crippen LogP contribution in [0.4, 0.5) is 0 Å². The predicted octanol–water partition coefficient (Wildman–Crippen LogP) is -0.0496. The van der Waals surface area contributed by atoms with E-state index in [4.69, 9.17) is 0 Å². The van der Waals surface area contributed by atoms with Gasteiger partial charge in [0.2, 0.25) is 5.91 Å². The summed E-state index contributed by atoms with van der Waals surface area (Å²) >= 11 is 0. The minimum atomic E-state index is 0.269. The van der Waals surface area contributed by atoms with Crippen molar-refractivity contribution in [2.24, 2.45) is 0 Å². The maximum atomic E-state index is 11.7. The van der Waals surface area contributed by atoms with Crippen molar-refractivity contribution in [1.82, 2.24) is 15.5 Å². The van der Waals surface area contributed by atoms with Crippen molar-refractivity contribution in [3.8, 4) is 0 Å². The van der Waals surface area contributed by atoms with Crippen LogP contribution in [0, 0.1) is 0 Å². The summed E-state index contributed by atoms with van der Waals surface area (Å²) in [6, 6.07) is 0.580. The third-order valence-corrected chi connectivity index (χ3v) is 3.29. The van der Waals surface area contributed by atoms with Crippen molar-refractivity contribution in [3.63, 3.8) is 0 Å². The Morgan fingerprint density at radius 3 is 2.80 bits per heavy atom. The summed E-state index contributed by atoms with van der Waals surface area (Å²) in [5.74, 6) is 0.269. The number of nitrogens with zero attached hydrogens (tertiary/aromatic N) is 1. The van der Waals surface area contributed by atoms with Gasteiger partial charge in [0.25, 0.3) is 0 Å². The maximum absolute atomic E-state index is 11.7. The van der Waals surface area contributed by atoms with Gasteiger partial charge in [0.15, 0.2) is 0 Å². The second-order valence-corrected chi connectivity index (χ2v) is 4.51. The average Bonchev–Trinajstić information content (AvgIpc) is 2.90. The standard InChI is InChI=1S/C11H21N3O/c15-11(14-6-1-2-7-14)9-12-8-10-4-3-5-13-10/h10,12-13H,1-9H2. The zero-order valence-corrected chi connectivity index (χ0v) is 9.30. The van der Waals surface area contributed by atoms with Crippen LogP contribution in [-0.2, 0) is 4.79 Å². The molecule has 2 saturated heterocycles. The van der Waals surface area contributed by atoms with E-state index in [1.807, 2.05) is 4.90 Å². The number of carbonyl (C=O) groups is 1. The summed E-state index contributed by atoms with van der Waals surface area (Å²) in [6.45, 7) is 4.49. The van der Waals surface area contributed by atoms with E-state index in [1.54, 1.807) is 0 Å². The molecule has 1 atom stereocenters. The summed E-state index contributed by atoms with van der Waals surface area (Å²) in [5.41, 5.74) is 0. The third kappa shape index (κ3) is 3.18. The molecule has 1 unspecified atom stereocenters. The average molecular weight is 211 g/mol. The van der Waals surface area contributed by atoms with Crippen molar-refractivity contribution in [1.29, 1.82) is 0 Å².